The maximum absolute atomic E-state index is 12.1. The molecule has 0 aliphatic rings. The van der Waals surface area contributed by atoms with Crippen LogP contribution in [0.1, 0.15) is 19.2 Å². The number of nitro groups is 1. The van der Waals surface area contributed by atoms with E-state index in [2.05, 4.69) is 15.0 Å². The molecule has 0 fully saturated rings. The lowest BCUT2D eigenvalue weighted by molar-refractivity contribution is -0.384. The van der Waals surface area contributed by atoms with Crippen LogP contribution in [0.5, 0.6) is 0 Å². The average molecular weight is 439 g/mol. The molecule has 0 spiro atoms. The molecule has 0 saturated heterocycles. The van der Waals surface area contributed by atoms with E-state index < -0.39 is 32.9 Å². The summed E-state index contributed by atoms with van der Waals surface area (Å²) in [5.74, 6) is -0.969. The molecule has 1 atom stereocenters. The molecule has 1 heterocycles. The van der Waals surface area contributed by atoms with E-state index in [1.54, 1.807) is 18.5 Å². The number of non-ortho nitro benzene ring substituents is 1. The summed E-state index contributed by atoms with van der Waals surface area (Å²) >= 11 is 0. The van der Waals surface area contributed by atoms with Gasteiger partial charge in [-0.15, -0.1) is 0 Å². The van der Waals surface area contributed by atoms with Gasteiger partial charge in [-0.1, -0.05) is 6.07 Å². The molecular formula is C17H21N5O7S. The van der Waals surface area contributed by atoms with Gasteiger partial charge in [-0.05, 0) is 19.9 Å². The van der Waals surface area contributed by atoms with Crippen molar-refractivity contribution in [2.45, 2.75) is 31.4 Å². The van der Waals surface area contributed by atoms with Gasteiger partial charge in [0.25, 0.3) is 21.6 Å². The summed E-state index contributed by atoms with van der Waals surface area (Å²) in [5, 5.41) is 13.0. The SMILES string of the molecule is Cc1nc(S(=O)(=O)NCCC(=O)OC(C)C(=O)Nc2cccc([N+](=O)[O-])c2)cn1C. The summed E-state index contributed by atoms with van der Waals surface area (Å²) in [6, 6.07) is 5.29. The quantitative estimate of drug-likeness (QED) is 0.330. The number of esters is 1. The number of hydrogen-bond donors (Lipinski definition) is 2. The standard InChI is InChI=1S/C17H21N5O7S/c1-11(17(24)20-13-5-4-6-14(9-13)22(25)26)29-16(23)7-8-18-30(27,28)15-10-21(3)12(2)19-15/h4-6,9-11,18H,7-8H2,1-3H3,(H,20,24). The Morgan fingerprint density at radius 1 is 1.37 bits per heavy atom. The zero-order valence-corrected chi connectivity index (χ0v) is 17.3. The lowest BCUT2D eigenvalue weighted by Crippen LogP contribution is -2.32. The van der Waals surface area contributed by atoms with Crippen molar-refractivity contribution in [2.75, 3.05) is 11.9 Å². The van der Waals surface area contributed by atoms with Gasteiger partial charge in [0.15, 0.2) is 11.1 Å². The molecule has 1 aromatic heterocycles. The normalized spacial score (nSPS) is 12.2. The van der Waals surface area contributed by atoms with Crippen molar-refractivity contribution in [1.29, 1.82) is 0 Å². The van der Waals surface area contributed by atoms with E-state index in [4.69, 9.17) is 4.74 Å². The number of nitro benzene ring substituents is 1. The van der Waals surface area contributed by atoms with Gasteiger partial charge in [-0.3, -0.25) is 19.7 Å². The van der Waals surface area contributed by atoms with Crippen molar-refractivity contribution in [1.82, 2.24) is 14.3 Å². The fourth-order valence-electron chi connectivity index (χ4n) is 2.27. The van der Waals surface area contributed by atoms with Gasteiger partial charge in [-0.25, -0.2) is 18.1 Å². The van der Waals surface area contributed by atoms with Crippen molar-refractivity contribution in [3.05, 3.63) is 46.4 Å². The highest BCUT2D eigenvalue weighted by atomic mass is 32.2. The van der Waals surface area contributed by atoms with Crippen LogP contribution in [-0.2, 0) is 31.4 Å². The number of amides is 1. The second-order valence-corrected chi connectivity index (χ2v) is 8.03. The molecule has 1 unspecified atom stereocenters. The number of carbonyl (C=O) groups excluding carboxylic acids is 2. The third kappa shape index (κ3) is 6.09. The minimum Gasteiger partial charge on any atom is -0.452 e. The molecule has 0 radical (unpaired) electrons. The molecule has 12 nitrogen and oxygen atoms in total. The first kappa shape index (κ1) is 23.0. The van der Waals surface area contributed by atoms with Gasteiger partial charge < -0.3 is 14.6 Å². The Balaban J connectivity index is 1.83. The molecule has 2 rings (SSSR count). The number of imidazole rings is 1. The third-order valence-electron chi connectivity index (χ3n) is 3.99. The summed E-state index contributed by atoms with van der Waals surface area (Å²) in [5.41, 5.74) is -0.0247. The number of ether oxygens (including phenoxy) is 1. The maximum Gasteiger partial charge on any atom is 0.307 e. The lowest BCUT2D eigenvalue weighted by Gasteiger charge is -2.13. The van der Waals surface area contributed by atoms with Gasteiger partial charge in [0, 0.05) is 37.6 Å². The highest BCUT2D eigenvalue weighted by Gasteiger charge is 2.21. The molecule has 0 saturated carbocycles. The fourth-order valence-corrected chi connectivity index (χ4v) is 3.34. The van der Waals surface area contributed by atoms with Crippen molar-refractivity contribution in [3.63, 3.8) is 0 Å². The first-order valence-electron chi connectivity index (χ1n) is 8.74. The van der Waals surface area contributed by atoms with E-state index in [9.17, 15) is 28.1 Å². The van der Waals surface area contributed by atoms with E-state index in [1.807, 2.05) is 0 Å². The Kier molecular flexibility index (Phi) is 7.24. The van der Waals surface area contributed by atoms with Crippen molar-refractivity contribution in [3.8, 4) is 0 Å². The molecule has 13 heteroatoms. The number of aryl methyl sites for hydroxylation is 2. The predicted molar refractivity (Wildman–Crippen MR) is 105 cm³/mol. The maximum atomic E-state index is 12.1. The Hall–Kier alpha value is -3.32. The number of carbonyl (C=O) groups is 2. The summed E-state index contributed by atoms with van der Waals surface area (Å²) in [4.78, 5) is 38.1. The van der Waals surface area contributed by atoms with Crippen molar-refractivity contribution < 1.29 is 27.7 Å². The lowest BCUT2D eigenvalue weighted by atomic mass is 10.2. The number of benzene rings is 1. The molecule has 2 N–H and O–H groups in total. The number of nitrogens with zero attached hydrogens (tertiary/aromatic N) is 3. The molecule has 162 valence electrons. The summed E-state index contributed by atoms with van der Waals surface area (Å²) in [6.07, 6.45) is -0.151. The number of nitrogens with one attached hydrogen (secondary N) is 2. The van der Waals surface area contributed by atoms with Crippen LogP contribution in [0, 0.1) is 17.0 Å². The molecule has 30 heavy (non-hydrogen) atoms. The van der Waals surface area contributed by atoms with E-state index >= 15 is 0 Å². The summed E-state index contributed by atoms with van der Waals surface area (Å²) < 4.78 is 33.0. The van der Waals surface area contributed by atoms with Gasteiger partial charge >= 0.3 is 5.97 Å². The molecule has 1 aromatic carbocycles. The van der Waals surface area contributed by atoms with Crippen LogP contribution >= 0.6 is 0 Å². The second-order valence-electron chi connectivity index (χ2n) is 6.31. The Bertz CT molecular complexity index is 1040. The van der Waals surface area contributed by atoms with Gasteiger partial charge in [0.1, 0.15) is 5.82 Å². The summed E-state index contributed by atoms with van der Waals surface area (Å²) in [6.45, 7) is 2.73. The van der Waals surface area contributed by atoms with Gasteiger partial charge in [0.05, 0.1) is 11.3 Å². The Labute approximate surface area is 172 Å². The van der Waals surface area contributed by atoms with Crippen LogP contribution in [0.3, 0.4) is 0 Å². The first-order valence-corrected chi connectivity index (χ1v) is 10.2. The zero-order valence-electron chi connectivity index (χ0n) is 16.5. The summed E-state index contributed by atoms with van der Waals surface area (Å²) in [7, 11) is -2.23. The molecule has 0 aliphatic carbocycles. The first-order chi connectivity index (χ1) is 14.0. The minimum atomic E-state index is -3.88. The van der Waals surface area contributed by atoms with Crippen LogP contribution in [0.15, 0.2) is 35.5 Å². The smallest absolute Gasteiger partial charge is 0.307 e. The number of hydrogen-bond acceptors (Lipinski definition) is 8. The molecule has 0 bridgehead atoms. The van der Waals surface area contributed by atoms with E-state index in [1.165, 1.54) is 37.4 Å². The van der Waals surface area contributed by atoms with Crippen molar-refractivity contribution >= 4 is 33.3 Å². The van der Waals surface area contributed by atoms with E-state index in [0.29, 0.717) is 5.82 Å². The largest absolute Gasteiger partial charge is 0.452 e. The number of aromatic nitrogens is 2. The number of anilines is 1. The Morgan fingerprint density at radius 2 is 2.07 bits per heavy atom. The van der Waals surface area contributed by atoms with Crippen molar-refractivity contribution in [2.24, 2.45) is 7.05 Å². The van der Waals surface area contributed by atoms with Crippen LogP contribution < -0.4 is 10.0 Å². The molecular weight excluding hydrogens is 418 g/mol. The fraction of sp³-hybridized carbons (Fsp3) is 0.353. The van der Waals surface area contributed by atoms with Crippen LogP contribution in [0.2, 0.25) is 0 Å². The van der Waals surface area contributed by atoms with E-state index in [-0.39, 0.29) is 29.4 Å². The highest BCUT2D eigenvalue weighted by Crippen LogP contribution is 2.17. The highest BCUT2D eigenvalue weighted by molar-refractivity contribution is 7.89. The van der Waals surface area contributed by atoms with Crippen LogP contribution in [0.4, 0.5) is 11.4 Å². The van der Waals surface area contributed by atoms with Gasteiger partial charge in [0.2, 0.25) is 0 Å². The van der Waals surface area contributed by atoms with Gasteiger partial charge in [-0.2, -0.15) is 0 Å². The molecule has 1 amide bonds. The number of sulfonamides is 1. The van der Waals surface area contributed by atoms with Crippen LogP contribution in [-0.4, -0.2) is 47.4 Å². The Morgan fingerprint density at radius 3 is 2.67 bits per heavy atom. The molecule has 0 aliphatic heterocycles. The number of rotatable bonds is 9. The minimum absolute atomic E-state index is 0.166. The topological polar surface area (TPSA) is 163 Å². The monoisotopic (exact) mass is 439 g/mol. The average Bonchev–Trinajstić information content (AvgIpc) is 3.01. The zero-order chi connectivity index (χ0) is 22.5. The van der Waals surface area contributed by atoms with E-state index in [0.717, 1.165) is 0 Å². The third-order valence-corrected chi connectivity index (χ3v) is 5.32. The van der Waals surface area contributed by atoms with Crippen LogP contribution in [0.25, 0.3) is 0 Å². The molecule has 2 aromatic rings. The second kappa shape index (κ2) is 9.45. The predicted octanol–water partition coefficient (Wildman–Crippen LogP) is 0.876.